The highest BCUT2D eigenvalue weighted by molar-refractivity contribution is 7.91. The molecule has 0 saturated carbocycles. The minimum Gasteiger partial charge on any atom is -0.237 e. The van der Waals surface area contributed by atoms with Crippen molar-refractivity contribution in [2.24, 2.45) is 0 Å². The first-order valence-electron chi connectivity index (χ1n) is 6.80. The molecule has 0 N–H and O–H groups in total. The molecule has 2 atom stereocenters. The molecular weight excluding hydrogens is 306 g/mol. The van der Waals surface area contributed by atoms with Crippen LogP contribution >= 0.6 is 0 Å². The highest BCUT2D eigenvalue weighted by atomic mass is 32.2. The van der Waals surface area contributed by atoms with Gasteiger partial charge >= 0.3 is 0 Å². The minimum atomic E-state index is -2.97. The lowest BCUT2D eigenvalue weighted by Gasteiger charge is -2.21. The molecule has 3 rings (SSSR count). The van der Waals surface area contributed by atoms with E-state index in [1.54, 1.807) is 11.4 Å². The van der Waals surface area contributed by atoms with Gasteiger partial charge < -0.3 is 0 Å². The van der Waals surface area contributed by atoms with Gasteiger partial charge in [0.1, 0.15) is 11.0 Å². The SMILES string of the molecule is CN([C@@H]1CCS(=O)(=O)C1)[S@](=O)c1ccc2ccccc2c1. The van der Waals surface area contributed by atoms with Crippen LogP contribution in [0.4, 0.5) is 0 Å². The molecule has 4 nitrogen and oxygen atoms in total. The van der Waals surface area contributed by atoms with E-state index in [9.17, 15) is 12.6 Å². The van der Waals surface area contributed by atoms with Gasteiger partial charge in [-0.05, 0) is 29.3 Å². The zero-order valence-electron chi connectivity index (χ0n) is 11.7. The van der Waals surface area contributed by atoms with Crippen molar-refractivity contribution in [1.29, 1.82) is 0 Å². The van der Waals surface area contributed by atoms with Crippen LogP contribution in [0.1, 0.15) is 6.42 Å². The summed E-state index contributed by atoms with van der Waals surface area (Å²) in [5, 5.41) is 2.14. The van der Waals surface area contributed by atoms with E-state index in [1.807, 2.05) is 42.5 Å². The van der Waals surface area contributed by atoms with Crippen LogP contribution < -0.4 is 0 Å². The summed E-state index contributed by atoms with van der Waals surface area (Å²) in [7, 11) is -2.57. The fraction of sp³-hybridized carbons (Fsp3) is 0.333. The van der Waals surface area contributed by atoms with Crippen molar-refractivity contribution < 1.29 is 12.6 Å². The number of benzene rings is 2. The Balaban J connectivity index is 1.86. The molecule has 0 aromatic heterocycles. The number of sulfone groups is 1. The Hall–Kier alpha value is -1.24. The molecule has 2 aromatic carbocycles. The molecule has 0 unspecified atom stereocenters. The van der Waals surface area contributed by atoms with E-state index in [1.165, 1.54) is 0 Å². The van der Waals surface area contributed by atoms with Crippen molar-refractivity contribution >= 4 is 31.6 Å². The minimum absolute atomic E-state index is 0.100. The van der Waals surface area contributed by atoms with Gasteiger partial charge in [-0.25, -0.2) is 16.9 Å². The molecule has 1 aliphatic rings. The summed E-state index contributed by atoms with van der Waals surface area (Å²) >= 11 is 0. The maximum Gasteiger partial charge on any atom is 0.151 e. The fourth-order valence-corrected chi connectivity index (χ4v) is 5.70. The number of hydrogen-bond acceptors (Lipinski definition) is 3. The molecular formula is C15H17NO3S2. The van der Waals surface area contributed by atoms with E-state index in [0.717, 1.165) is 10.8 Å². The van der Waals surface area contributed by atoms with E-state index in [0.29, 0.717) is 11.3 Å². The average Bonchev–Trinajstić information content (AvgIpc) is 2.85. The van der Waals surface area contributed by atoms with Crippen molar-refractivity contribution in [3.8, 4) is 0 Å². The molecule has 0 amide bonds. The Morgan fingerprint density at radius 3 is 2.52 bits per heavy atom. The van der Waals surface area contributed by atoms with Crippen LogP contribution in [0.25, 0.3) is 10.8 Å². The molecule has 1 aliphatic heterocycles. The van der Waals surface area contributed by atoms with Gasteiger partial charge in [-0.15, -0.1) is 0 Å². The van der Waals surface area contributed by atoms with Crippen LogP contribution in [0.5, 0.6) is 0 Å². The van der Waals surface area contributed by atoms with Gasteiger partial charge in [0.2, 0.25) is 0 Å². The van der Waals surface area contributed by atoms with Gasteiger partial charge in [-0.2, -0.15) is 0 Å². The van der Waals surface area contributed by atoms with Gasteiger partial charge in [0.15, 0.2) is 9.84 Å². The molecule has 1 saturated heterocycles. The van der Waals surface area contributed by atoms with Crippen molar-refractivity contribution in [3.05, 3.63) is 42.5 Å². The summed E-state index contributed by atoms with van der Waals surface area (Å²) in [6, 6.07) is 13.4. The molecule has 0 aliphatic carbocycles. The zero-order valence-corrected chi connectivity index (χ0v) is 13.4. The molecule has 6 heteroatoms. The van der Waals surface area contributed by atoms with Gasteiger partial charge in [-0.1, -0.05) is 30.3 Å². The Labute approximate surface area is 127 Å². The summed E-state index contributed by atoms with van der Waals surface area (Å²) in [5.41, 5.74) is 0. The third kappa shape index (κ3) is 3.02. The molecule has 0 bridgehead atoms. The van der Waals surface area contributed by atoms with E-state index in [4.69, 9.17) is 0 Å². The maximum atomic E-state index is 12.6. The van der Waals surface area contributed by atoms with Crippen LogP contribution in [0.2, 0.25) is 0 Å². The normalized spacial score (nSPS) is 22.7. The van der Waals surface area contributed by atoms with Gasteiger partial charge in [-0.3, -0.25) is 0 Å². The zero-order chi connectivity index (χ0) is 15.0. The average molecular weight is 323 g/mol. The number of rotatable bonds is 3. The highest BCUT2D eigenvalue weighted by Crippen LogP contribution is 2.23. The van der Waals surface area contributed by atoms with E-state index in [-0.39, 0.29) is 17.5 Å². The lowest BCUT2D eigenvalue weighted by molar-refractivity contribution is 0.422. The largest absolute Gasteiger partial charge is 0.237 e. The maximum absolute atomic E-state index is 12.6. The van der Waals surface area contributed by atoms with E-state index in [2.05, 4.69) is 0 Å². The molecule has 1 fully saturated rings. The summed E-state index contributed by atoms with van der Waals surface area (Å²) in [6.07, 6.45) is 0.554. The third-order valence-corrected chi connectivity index (χ3v) is 7.14. The number of nitrogens with zero attached hydrogens (tertiary/aromatic N) is 1. The van der Waals surface area contributed by atoms with Crippen LogP contribution in [0, 0.1) is 0 Å². The second-order valence-corrected chi connectivity index (χ2v) is 9.14. The topological polar surface area (TPSA) is 54.5 Å². The summed E-state index contributed by atoms with van der Waals surface area (Å²) in [5.74, 6) is 0.291. The Morgan fingerprint density at radius 1 is 1.14 bits per heavy atom. The molecule has 1 heterocycles. The lowest BCUT2D eigenvalue weighted by atomic mass is 10.1. The van der Waals surface area contributed by atoms with Crippen molar-refractivity contribution in [2.45, 2.75) is 17.4 Å². The van der Waals surface area contributed by atoms with Crippen LogP contribution in [-0.4, -0.2) is 41.5 Å². The Bertz CT molecular complexity index is 801. The number of fused-ring (bicyclic) bond motifs is 1. The summed E-state index contributed by atoms with van der Waals surface area (Å²) < 4.78 is 37.4. The van der Waals surface area contributed by atoms with Crippen LogP contribution in [0.15, 0.2) is 47.4 Å². The first-order chi connectivity index (χ1) is 9.96. The fourth-order valence-electron chi connectivity index (χ4n) is 2.64. The second-order valence-electron chi connectivity index (χ2n) is 5.36. The first kappa shape index (κ1) is 14.7. The van der Waals surface area contributed by atoms with Crippen LogP contribution in [-0.2, 0) is 20.8 Å². The number of hydrogen-bond donors (Lipinski definition) is 0. The molecule has 0 spiro atoms. The van der Waals surface area contributed by atoms with Crippen molar-refractivity contribution in [1.82, 2.24) is 4.31 Å². The Morgan fingerprint density at radius 2 is 1.86 bits per heavy atom. The monoisotopic (exact) mass is 323 g/mol. The van der Waals surface area contributed by atoms with E-state index >= 15 is 0 Å². The standard InChI is InChI=1S/C15H17NO3S2/c1-16(14-8-9-21(18,19)11-14)20(17)15-7-6-12-4-2-3-5-13(12)10-15/h2-7,10,14H,8-9,11H2,1H3/t14-,20-/m1/s1. The smallest absolute Gasteiger partial charge is 0.151 e. The Kier molecular flexibility index (Phi) is 3.86. The quantitative estimate of drug-likeness (QED) is 0.868. The third-order valence-electron chi connectivity index (χ3n) is 3.91. The second kappa shape index (κ2) is 5.51. The highest BCUT2D eigenvalue weighted by Gasteiger charge is 2.33. The molecule has 21 heavy (non-hydrogen) atoms. The molecule has 112 valence electrons. The van der Waals surface area contributed by atoms with Crippen LogP contribution in [0.3, 0.4) is 0 Å². The lowest BCUT2D eigenvalue weighted by Crippen LogP contribution is -2.34. The van der Waals surface area contributed by atoms with Gasteiger partial charge in [0, 0.05) is 13.1 Å². The molecule has 0 radical (unpaired) electrons. The van der Waals surface area contributed by atoms with E-state index < -0.39 is 20.8 Å². The predicted molar refractivity (Wildman–Crippen MR) is 85.2 cm³/mol. The van der Waals surface area contributed by atoms with Gasteiger partial charge in [0.25, 0.3) is 0 Å². The first-order valence-corrected chi connectivity index (χ1v) is 9.73. The summed E-state index contributed by atoms with van der Waals surface area (Å²) in [6.45, 7) is 0. The summed E-state index contributed by atoms with van der Waals surface area (Å²) in [4.78, 5) is 0.709. The predicted octanol–water partition coefficient (Wildman–Crippen LogP) is 1.98. The van der Waals surface area contributed by atoms with Crippen molar-refractivity contribution in [2.75, 3.05) is 18.6 Å². The van der Waals surface area contributed by atoms with Crippen molar-refractivity contribution in [3.63, 3.8) is 0 Å². The molecule has 2 aromatic rings. The van der Waals surface area contributed by atoms with Gasteiger partial charge in [0.05, 0.1) is 16.4 Å².